The maximum Gasteiger partial charge on any atom is 0.128 e. The molecule has 1 aromatic rings. The first-order chi connectivity index (χ1) is 6.29. The molecule has 0 bridgehead atoms. The van der Waals surface area contributed by atoms with Crippen molar-refractivity contribution in [1.82, 2.24) is 0 Å². The van der Waals surface area contributed by atoms with E-state index in [0.717, 1.165) is 10.1 Å². The van der Waals surface area contributed by atoms with Gasteiger partial charge in [0.05, 0.1) is 6.61 Å². The van der Waals surface area contributed by atoms with Crippen molar-refractivity contribution in [2.24, 2.45) is 0 Å². The molecule has 70 valence electrons. The van der Waals surface area contributed by atoms with Gasteiger partial charge in [-0.05, 0) is 31.0 Å². The molecule has 1 N–H and O–H groups in total. The van der Waals surface area contributed by atoms with Crippen LogP contribution >= 0.6 is 11.8 Å². The van der Waals surface area contributed by atoms with Gasteiger partial charge in [0.1, 0.15) is 5.82 Å². The smallest absolute Gasteiger partial charge is 0.128 e. The lowest BCUT2D eigenvalue weighted by Gasteiger charge is -2.03. The van der Waals surface area contributed by atoms with Crippen LogP contribution in [0.2, 0.25) is 0 Å². The van der Waals surface area contributed by atoms with Crippen LogP contribution in [0.3, 0.4) is 0 Å². The van der Waals surface area contributed by atoms with E-state index in [1.54, 1.807) is 23.9 Å². The highest BCUT2D eigenvalue weighted by Crippen LogP contribution is 2.39. The molecule has 0 radical (unpaired) electrons. The molecule has 1 aliphatic rings. The lowest BCUT2D eigenvalue weighted by Crippen LogP contribution is -1.89. The van der Waals surface area contributed by atoms with Gasteiger partial charge in [-0.2, -0.15) is 0 Å². The zero-order valence-corrected chi connectivity index (χ0v) is 7.98. The Balaban J connectivity index is 2.16. The summed E-state index contributed by atoms with van der Waals surface area (Å²) in [7, 11) is 0. The van der Waals surface area contributed by atoms with E-state index >= 15 is 0 Å². The highest BCUT2D eigenvalue weighted by Gasteiger charge is 2.22. The van der Waals surface area contributed by atoms with Crippen LogP contribution in [0.1, 0.15) is 18.4 Å². The lowest BCUT2D eigenvalue weighted by molar-refractivity contribution is 0.275. The van der Waals surface area contributed by atoms with Gasteiger partial charge < -0.3 is 5.11 Å². The third kappa shape index (κ3) is 2.23. The second-order valence-electron chi connectivity index (χ2n) is 3.23. The quantitative estimate of drug-likeness (QED) is 0.805. The molecule has 3 heteroatoms. The van der Waals surface area contributed by atoms with Crippen LogP contribution < -0.4 is 0 Å². The molecule has 1 aliphatic carbocycles. The molecule has 0 heterocycles. The Hall–Kier alpha value is -0.540. The molecule has 0 amide bonds. The van der Waals surface area contributed by atoms with Crippen LogP contribution in [0.4, 0.5) is 4.39 Å². The van der Waals surface area contributed by atoms with Crippen molar-refractivity contribution in [3.63, 3.8) is 0 Å². The zero-order chi connectivity index (χ0) is 9.26. The fraction of sp³-hybridized carbons (Fsp3) is 0.400. The molecule has 1 aromatic carbocycles. The number of hydrogen-bond acceptors (Lipinski definition) is 2. The van der Waals surface area contributed by atoms with E-state index in [0.29, 0.717) is 5.56 Å². The highest BCUT2D eigenvalue weighted by atomic mass is 32.2. The van der Waals surface area contributed by atoms with Crippen molar-refractivity contribution in [3.05, 3.63) is 29.6 Å². The van der Waals surface area contributed by atoms with Gasteiger partial charge in [-0.15, -0.1) is 11.8 Å². The van der Waals surface area contributed by atoms with E-state index in [9.17, 15) is 4.39 Å². The normalized spacial score (nSPS) is 16.2. The van der Waals surface area contributed by atoms with E-state index < -0.39 is 0 Å². The molecule has 0 saturated heterocycles. The van der Waals surface area contributed by atoms with Gasteiger partial charge in [0.2, 0.25) is 0 Å². The fourth-order valence-corrected chi connectivity index (χ4v) is 2.24. The van der Waals surface area contributed by atoms with Crippen molar-refractivity contribution in [2.45, 2.75) is 29.6 Å². The third-order valence-corrected chi connectivity index (χ3v) is 3.35. The Kier molecular flexibility index (Phi) is 2.56. The van der Waals surface area contributed by atoms with Crippen molar-refractivity contribution in [2.75, 3.05) is 0 Å². The van der Waals surface area contributed by atoms with Gasteiger partial charge in [-0.1, -0.05) is 0 Å². The first kappa shape index (κ1) is 9.03. The Bertz CT molecular complexity index is 310. The van der Waals surface area contributed by atoms with Gasteiger partial charge in [0, 0.05) is 15.7 Å². The molecule has 0 aromatic heterocycles. The van der Waals surface area contributed by atoms with Crippen LogP contribution in [-0.4, -0.2) is 10.4 Å². The summed E-state index contributed by atoms with van der Waals surface area (Å²) in [5.41, 5.74) is 0.394. The number of benzene rings is 1. The second kappa shape index (κ2) is 3.68. The molecule has 2 rings (SSSR count). The fourth-order valence-electron chi connectivity index (χ4n) is 1.12. The molecular weight excluding hydrogens is 187 g/mol. The molecule has 1 fully saturated rings. The number of halogens is 1. The molecule has 1 nitrogen and oxygen atoms in total. The topological polar surface area (TPSA) is 20.2 Å². The van der Waals surface area contributed by atoms with Crippen molar-refractivity contribution in [3.8, 4) is 0 Å². The Morgan fingerprint density at radius 2 is 2.23 bits per heavy atom. The number of aliphatic hydroxyl groups is 1. The molecule has 0 unspecified atom stereocenters. The molecule has 0 spiro atoms. The average Bonchev–Trinajstić information content (AvgIpc) is 2.92. The average molecular weight is 198 g/mol. The molecule has 1 saturated carbocycles. The van der Waals surface area contributed by atoms with Crippen molar-refractivity contribution in [1.29, 1.82) is 0 Å². The third-order valence-electron chi connectivity index (χ3n) is 2.01. The minimum absolute atomic E-state index is 0.217. The summed E-state index contributed by atoms with van der Waals surface area (Å²) in [6.45, 7) is -0.217. The summed E-state index contributed by atoms with van der Waals surface area (Å²) in [4.78, 5) is 1.06. The summed E-state index contributed by atoms with van der Waals surface area (Å²) in [6, 6.07) is 4.94. The van der Waals surface area contributed by atoms with Crippen LogP contribution in [0.25, 0.3) is 0 Å². The van der Waals surface area contributed by atoms with E-state index in [4.69, 9.17) is 5.11 Å². The van der Waals surface area contributed by atoms with Gasteiger partial charge in [-0.25, -0.2) is 4.39 Å². The predicted octanol–water partition coefficient (Wildman–Crippen LogP) is 2.57. The highest BCUT2D eigenvalue weighted by molar-refractivity contribution is 8.00. The zero-order valence-electron chi connectivity index (χ0n) is 7.16. The van der Waals surface area contributed by atoms with Gasteiger partial charge >= 0.3 is 0 Å². The Morgan fingerprint density at radius 1 is 1.46 bits per heavy atom. The van der Waals surface area contributed by atoms with E-state index in [-0.39, 0.29) is 12.4 Å². The first-order valence-corrected chi connectivity index (χ1v) is 5.23. The molecule has 13 heavy (non-hydrogen) atoms. The molecular formula is C10H11FOS. The standard InChI is InChI=1S/C10H11FOS/c11-10-4-3-9(5-7(10)6-12)13-8-1-2-8/h3-5,8,12H,1-2,6H2. The van der Waals surface area contributed by atoms with Crippen molar-refractivity contribution >= 4 is 11.8 Å². The van der Waals surface area contributed by atoms with Crippen LogP contribution in [-0.2, 0) is 6.61 Å². The van der Waals surface area contributed by atoms with Crippen LogP contribution in [0, 0.1) is 5.82 Å². The summed E-state index contributed by atoms with van der Waals surface area (Å²) < 4.78 is 13.0. The maximum atomic E-state index is 13.0. The number of hydrogen-bond donors (Lipinski definition) is 1. The molecule has 0 atom stereocenters. The Labute approximate surface area is 81.0 Å². The lowest BCUT2D eigenvalue weighted by atomic mass is 10.2. The summed E-state index contributed by atoms with van der Waals surface area (Å²) in [5.74, 6) is -0.317. The predicted molar refractivity (Wildman–Crippen MR) is 51.2 cm³/mol. The van der Waals surface area contributed by atoms with Gasteiger partial charge in [-0.3, -0.25) is 0 Å². The Morgan fingerprint density at radius 3 is 2.85 bits per heavy atom. The van der Waals surface area contributed by atoms with Crippen molar-refractivity contribution < 1.29 is 9.50 Å². The van der Waals surface area contributed by atoms with E-state index in [1.807, 2.05) is 0 Å². The van der Waals surface area contributed by atoms with Crippen LogP contribution in [0.5, 0.6) is 0 Å². The molecule has 0 aliphatic heterocycles. The first-order valence-electron chi connectivity index (χ1n) is 4.35. The number of rotatable bonds is 3. The second-order valence-corrected chi connectivity index (χ2v) is 4.60. The monoisotopic (exact) mass is 198 g/mol. The maximum absolute atomic E-state index is 13.0. The summed E-state index contributed by atoms with van der Waals surface area (Å²) in [5, 5.41) is 9.56. The number of thioether (sulfide) groups is 1. The summed E-state index contributed by atoms with van der Waals surface area (Å²) in [6.07, 6.45) is 2.52. The van der Waals surface area contributed by atoms with E-state index in [2.05, 4.69) is 0 Å². The van der Waals surface area contributed by atoms with Crippen LogP contribution in [0.15, 0.2) is 23.1 Å². The number of aliphatic hydroxyl groups excluding tert-OH is 1. The SMILES string of the molecule is OCc1cc(SC2CC2)ccc1F. The largest absolute Gasteiger partial charge is 0.392 e. The minimum atomic E-state index is -0.317. The van der Waals surface area contributed by atoms with Gasteiger partial charge in [0.25, 0.3) is 0 Å². The summed E-state index contributed by atoms with van der Waals surface area (Å²) >= 11 is 1.77. The van der Waals surface area contributed by atoms with Gasteiger partial charge in [0.15, 0.2) is 0 Å². The van der Waals surface area contributed by atoms with E-state index in [1.165, 1.54) is 18.9 Å². The minimum Gasteiger partial charge on any atom is -0.392 e.